The van der Waals surface area contributed by atoms with Crippen LogP contribution in [0.3, 0.4) is 0 Å². The van der Waals surface area contributed by atoms with Gasteiger partial charge in [0.15, 0.2) is 0 Å². The third-order valence-electron chi connectivity index (χ3n) is 2.77. The maximum Gasteiger partial charge on any atom is 0.337 e. The van der Waals surface area contributed by atoms with Gasteiger partial charge in [-0.1, -0.05) is 13.8 Å². The van der Waals surface area contributed by atoms with E-state index in [0.29, 0.717) is 5.69 Å². The molecular weight excluding hydrogens is 209 g/mol. The molecule has 0 unspecified atom stereocenters. The van der Waals surface area contributed by atoms with Gasteiger partial charge in [-0.05, 0) is 23.6 Å². The van der Waals surface area contributed by atoms with Gasteiger partial charge in [0.2, 0.25) is 0 Å². The molecule has 4 heteroatoms. The third-order valence-corrected chi connectivity index (χ3v) is 2.77. The average Bonchev–Trinajstić information content (AvgIpc) is 2.14. The maximum atomic E-state index is 13.0. The van der Waals surface area contributed by atoms with Gasteiger partial charge in [0.1, 0.15) is 5.82 Å². The standard InChI is InChI=1S/C12H14FNO2/c1-12(2)6-14(7-12)10-4-3-8(13)5-9(10)11(15)16/h3-5H,6-7H2,1-2H3,(H,15,16). The Labute approximate surface area is 93.5 Å². The topological polar surface area (TPSA) is 40.5 Å². The van der Waals surface area contributed by atoms with Crippen LogP contribution < -0.4 is 4.90 Å². The normalized spacial score (nSPS) is 18.1. The molecule has 0 saturated carbocycles. The van der Waals surface area contributed by atoms with Crippen LogP contribution in [0.1, 0.15) is 24.2 Å². The zero-order valence-corrected chi connectivity index (χ0v) is 9.33. The second-order valence-electron chi connectivity index (χ2n) is 4.99. The number of halogens is 1. The minimum Gasteiger partial charge on any atom is -0.478 e. The van der Waals surface area contributed by atoms with Gasteiger partial charge in [-0.25, -0.2) is 9.18 Å². The summed E-state index contributed by atoms with van der Waals surface area (Å²) in [5.74, 6) is -1.60. The summed E-state index contributed by atoms with van der Waals surface area (Å²) >= 11 is 0. The number of benzene rings is 1. The van der Waals surface area contributed by atoms with Gasteiger partial charge >= 0.3 is 5.97 Å². The fraction of sp³-hybridized carbons (Fsp3) is 0.417. The molecule has 3 nitrogen and oxygen atoms in total. The molecule has 1 aromatic carbocycles. The molecule has 0 radical (unpaired) electrons. The second kappa shape index (κ2) is 3.47. The van der Waals surface area contributed by atoms with Crippen LogP contribution in [-0.4, -0.2) is 24.2 Å². The number of hydrogen-bond donors (Lipinski definition) is 1. The minimum absolute atomic E-state index is 0.0375. The van der Waals surface area contributed by atoms with E-state index in [-0.39, 0.29) is 11.0 Å². The third kappa shape index (κ3) is 1.87. The molecule has 0 amide bonds. The van der Waals surface area contributed by atoms with Crippen molar-refractivity contribution in [2.24, 2.45) is 5.41 Å². The Balaban J connectivity index is 2.31. The van der Waals surface area contributed by atoms with E-state index >= 15 is 0 Å². The number of carbonyl (C=O) groups is 1. The molecule has 0 aliphatic carbocycles. The van der Waals surface area contributed by atoms with E-state index in [4.69, 9.17) is 5.11 Å². The van der Waals surface area contributed by atoms with Crippen LogP contribution in [0.5, 0.6) is 0 Å². The van der Waals surface area contributed by atoms with Gasteiger partial charge < -0.3 is 10.0 Å². The molecule has 86 valence electrons. The van der Waals surface area contributed by atoms with Crippen LogP contribution in [0.15, 0.2) is 18.2 Å². The Morgan fingerprint density at radius 1 is 1.44 bits per heavy atom. The molecule has 0 aromatic heterocycles. The molecule has 16 heavy (non-hydrogen) atoms. The van der Waals surface area contributed by atoms with E-state index in [9.17, 15) is 9.18 Å². The van der Waals surface area contributed by atoms with Crippen molar-refractivity contribution in [1.82, 2.24) is 0 Å². The number of hydrogen-bond acceptors (Lipinski definition) is 2. The molecule has 0 atom stereocenters. The molecule has 1 aromatic rings. The quantitative estimate of drug-likeness (QED) is 0.836. The van der Waals surface area contributed by atoms with Crippen LogP contribution >= 0.6 is 0 Å². The summed E-state index contributed by atoms with van der Waals surface area (Å²) in [5.41, 5.74) is 0.855. The Morgan fingerprint density at radius 2 is 2.06 bits per heavy atom. The summed E-state index contributed by atoms with van der Waals surface area (Å²) in [6, 6.07) is 3.91. The van der Waals surface area contributed by atoms with E-state index in [1.807, 2.05) is 4.90 Å². The highest BCUT2D eigenvalue weighted by molar-refractivity contribution is 5.94. The predicted octanol–water partition coefficient (Wildman–Crippen LogP) is 2.37. The smallest absolute Gasteiger partial charge is 0.337 e. The summed E-state index contributed by atoms with van der Waals surface area (Å²) in [4.78, 5) is 12.9. The first-order valence-electron chi connectivity index (χ1n) is 5.17. The molecule has 0 spiro atoms. The van der Waals surface area contributed by atoms with Crippen LogP contribution in [0, 0.1) is 11.2 Å². The summed E-state index contributed by atoms with van der Waals surface area (Å²) in [6.45, 7) is 5.85. The van der Waals surface area contributed by atoms with Crippen molar-refractivity contribution in [3.63, 3.8) is 0 Å². The summed E-state index contributed by atoms with van der Waals surface area (Å²) in [7, 11) is 0. The Bertz CT molecular complexity index is 435. The van der Waals surface area contributed by atoms with Crippen molar-refractivity contribution in [2.45, 2.75) is 13.8 Å². The Morgan fingerprint density at radius 3 is 2.56 bits per heavy atom. The number of carboxylic acids is 1. The lowest BCUT2D eigenvalue weighted by molar-refractivity contribution is 0.0696. The molecule has 1 heterocycles. The molecule has 0 bridgehead atoms. The molecule has 1 aliphatic rings. The fourth-order valence-electron chi connectivity index (χ4n) is 2.11. The van der Waals surface area contributed by atoms with Gasteiger partial charge in [-0.3, -0.25) is 0 Å². The van der Waals surface area contributed by atoms with Gasteiger partial charge in [-0.15, -0.1) is 0 Å². The second-order valence-corrected chi connectivity index (χ2v) is 4.99. The van der Waals surface area contributed by atoms with Crippen molar-refractivity contribution in [1.29, 1.82) is 0 Å². The van der Waals surface area contributed by atoms with E-state index < -0.39 is 11.8 Å². The van der Waals surface area contributed by atoms with E-state index in [2.05, 4.69) is 13.8 Å². The van der Waals surface area contributed by atoms with Crippen molar-refractivity contribution < 1.29 is 14.3 Å². The van der Waals surface area contributed by atoms with E-state index in [1.165, 1.54) is 12.1 Å². The number of anilines is 1. The predicted molar refractivity (Wildman–Crippen MR) is 59.4 cm³/mol. The monoisotopic (exact) mass is 223 g/mol. The van der Waals surface area contributed by atoms with Crippen LogP contribution in [0.25, 0.3) is 0 Å². The van der Waals surface area contributed by atoms with E-state index in [1.54, 1.807) is 0 Å². The maximum absolute atomic E-state index is 13.0. The number of rotatable bonds is 2. The minimum atomic E-state index is -1.08. The zero-order chi connectivity index (χ0) is 11.9. The highest BCUT2D eigenvalue weighted by atomic mass is 19.1. The highest BCUT2D eigenvalue weighted by Gasteiger charge is 2.35. The largest absolute Gasteiger partial charge is 0.478 e. The molecule has 2 rings (SSSR count). The molecule has 1 N–H and O–H groups in total. The number of aromatic carboxylic acids is 1. The van der Waals surface area contributed by atoms with Gasteiger partial charge in [0.05, 0.1) is 11.3 Å². The molecule has 1 aliphatic heterocycles. The zero-order valence-electron chi connectivity index (χ0n) is 9.33. The van der Waals surface area contributed by atoms with Crippen LogP contribution in [-0.2, 0) is 0 Å². The summed E-state index contributed by atoms with van der Waals surface area (Å²) in [6.07, 6.45) is 0. The lowest BCUT2D eigenvalue weighted by Gasteiger charge is -2.47. The fourth-order valence-corrected chi connectivity index (χ4v) is 2.11. The SMILES string of the molecule is CC1(C)CN(c2ccc(F)cc2C(=O)O)C1. The molecule has 1 saturated heterocycles. The number of carboxylic acid groups (broad SMARTS) is 1. The van der Waals surface area contributed by atoms with Crippen molar-refractivity contribution in [2.75, 3.05) is 18.0 Å². The first kappa shape index (κ1) is 10.9. The van der Waals surface area contributed by atoms with Crippen LogP contribution in [0.4, 0.5) is 10.1 Å². The molecule has 1 fully saturated rings. The lowest BCUT2D eigenvalue weighted by Crippen LogP contribution is -2.53. The summed E-state index contributed by atoms with van der Waals surface area (Å²) in [5, 5.41) is 9.00. The highest BCUT2D eigenvalue weighted by Crippen LogP contribution is 2.35. The lowest BCUT2D eigenvalue weighted by atomic mass is 9.83. The van der Waals surface area contributed by atoms with Crippen molar-refractivity contribution in [3.8, 4) is 0 Å². The first-order chi connectivity index (χ1) is 7.39. The van der Waals surface area contributed by atoms with Crippen molar-refractivity contribution in [3.05, 3.63) is 29.6 Å². The van der Waals surface area contributed by atoms with E-state index in [0.717, 1.165) is 19.2 Å². The number of nitrogens with zero attached hydrogens (tertiary/aromatic N) is 1. The van der Waals surface area contributed by atoms with Crippen LogP contribution in [0.2, 0.25) is 0 Å². The molecular formula is C12H14FNO2. The van der Waals surface area contributed by atoms with Gasteiger partial charge in [0, 0.05) is 13.1 Å². The summed E-state index contributed by atoms with van der Waals surface area (Å²) < 4.78 is 13.0. The average molecular weight is 223 g/mol. The Kier molecular flexibility index (Phi) is 2.37. The van der Waals surface area contributed by atoms with Gasteiger partial charge in [0.25, 0.3) is 0 Å². The first-order valence-corrected chi connectivity index (χ1v) is 5.17. The van der Waals surface area contributed by atoms with Crippen molar-refractivity contribution >= 4 is 11.7 Å². The Hall–Kier alpha value is -1.58. The van der Waals surface area contributed by atoms with Gasteiger partial charge in [-0.2, -0.15) is 0 Å².